The minimum absolute atomic E-state index is 0.0570. The minimum Gasteiger partial charge on any atom is -0.479 e. The lowest BCUT2D eigenvalue weighted by molar-refractivity contribution is -0.125. The summed E-state index contributed by atoms with van der Waals surface area (Å²) in [6.07, 6.45) is 2.20. The molecule has 3 rings (SSSR count). The molecule has 0 saturated heterocycles. The number of aryl methyl sites for hydroxylation is 2. The van der Waals surface area contributed by atoms with Gasteiger partial charge in [0.15, 0.2) is 6.10 Å². The Labute approximate surface area is 159 Å². The summed E-state index contributed by atoms with van der Waals surface area (Å²) >= 11 is 0. The highest BCUT2D eigenvalue weighted by Crippen LogP contribution is 2.36. The van der Waals surface area contributed by atoms with Crippen LogP contribution in [0, 0.1) is 6.92 Å². The van der Waals surface area contributed by atoms with Gasteiger partial charge < -0.3 is 15.0 Å². The summed E-state index contributed by atoms with van der Waals surface area (Å²) in [5.41, 5.74) is 3.69. The monoisotopic (exact) mass is 364 g/mol. The van der Waals surface area contributed by atoms with Crippen LogP contribution in [0.2, 0.25) is 0 Å². The van der Waals surface area contributed by atoms with E-state index in [0.717, 1.165) is 5.56 Å². The molecule has 2 amide bonds. The van der Waals surface area contributed by atoms with E-state index in [-0.39, 0.29) is 11.8 Å². The maximum atomic E-state index is 12.3. The Kier molecular flexibility index (Phi) is 5.60. The van der Waals surface area contributed by atoms with Crippen LogP contribution in [0.3, 0.4) is 0 Å². The number of carbonyl (C=O) groups is 2. The molecule has 1 N–H and O–H groups in total. The van der Waals surface area contributed by atoms with E-state index < -0.39 is 6.10 Å². The third kappa shape index (κ3) is 4.37. The fourth-order valence-corrected chi connectivity index (χ4v) is 3.04. The number of benzene rings is 2. The molecule has 5 nitrogen and oxygen atoms in total. The lowest BCUT2D eigenvalue weighted by Crippen LogP contribution is -2.44. The molecule has 0 fully saturated rings. The summed E-state index contributed by atoms with van der Waals surface area (Å²) in [7, 11) is 0. The molecule has 0 saturated carbocycles. The highest BCUT2D eigenvalue weighted by molar-refractivity contribution is 6.01. The Morgan fingerprint density at radius 1 is 1.26 bits per heavy atom. The first kappa shape index (κ1) is 18.7. The van der Waals surface area contributed by atoms with E-state index in [1.165, 1.54) is 5.56 Å². The van der Waals surface area contributed by atoms with Crippen LogP contribution in [0.4, 0.5) is 11.4 Å². The average molecular weight is 364 g/mol. The molecule has 1 heterocycles. The second-order valence-corrected chi connectivity index (χ2v) is 6.71. The molecule has 5 heteroatoms. The number of ether oxygens (including phenoxy) is 1. The van der Waals surface area contributed by atoms with Gasteiger partial charge in [-0.3, -0.25) is 9.59 Å². The van der Waals surface area contributed by atoms with Crippen LogP contribution in [0.15, 0.2) is 55.1 Å². The summed E-state index contributed by atoms with van der Waals surface area (Å²) < 4.78 is 5.71. The summed E-state index contributed by atoms with van der Waals surface area (Å²) in [4.78, 5) is 26.2. The van der Waals surface area contributed by atoms with Gasteiger partial charge in [-0.25, -0.2) is 0 Å². The van der Waals surface area contributed by atoms with Gasteiger partial charge in [0.25, 0.3) is 5.91 Å². The van der Waals surface area contributed by atoms with Crippen molar-refractivity contribution < 1.29 is 14.3 Å². The van der Waals surface area contributed by atoms with Crippen molar-refractivity contribution in [3.05, 3.63) is 66.2 Å². The Bertz CT molecular complexity index is 858. The van der Waals surface area contributed by atoms with Gasteiger partial charge in [-0.2, -0.15) is 0 Å². The molecule has 1 aliphatic heterocycles. The smallest absolute Gasteiger partial charge is 0.268 e. The third-order valence-electron chi connectivity index (χ3n) is 4.52. The van der Waals surface area contributed by atoms with Crippen LogP contribution in [-0.2, 0) is 16.0 Å². The van der Waals surface area contributed by atoms with E-state index in [1.807, 2.05) is 31.2 Å². The van der Waals surface area contributed by atoms with Gasteiger partial charge in [0, 0.05) is 24.7 Å². The Morgan fingerprint density at radius 3 is 2.70 bits per heavy atom. The van der Waals surface area contributed by atoms with Gasteiger partial charge >= 0.3 is 0 Å². The van der Waals surface area contributed by atoms with Gasteiger partial charge in [0.1, 0.15) is 5.75 Å². The molecule has 1 atom stereocenters. The number of hydrogen-bond donors (Lipinski definition) is 1. The van der Waals surface area contributed by atoms with Crippen molar-refractivity contribution >= 4 is 23.2 Å². The van der Waals surface area contributed by atoms with Crippen molar-refractivity contribution in [2.75, 3.05) is 16.8 Å². The zero-order valence-corrected chi connectivity index (χ0v) is 15.7. The number of nitrogens with one attached hydrogen (secondary N) is 1. The predicted octanol–water partition coefficient (Wildman–Crippen LogP) is 3.87. The largest absolute Gasteiger partial charge is 0.479 e. The summed E-state index contributed by atoms with van der Waals surface area (Å²) in [5, 5.41) is 2.90. The van der Waals surface area contributed by atoms with Gasteiger partial charge in [0.2, 0.25) is 5.91 Å². The average Bonchev–Trinajstić information content (AvgIpc) is 2.65. The maximum absolute atomic E-state index is 12.3. The summed E-state index contributed by atoms with van der Waals surface area (Å²) in [6.45, 7) is 7.88. The Morgan fingerprint density at radius 2 is 2.00 bits per heavy atom. The predicted molar refractivity (Wildman–Crippen MR) is 107 cm³/mol. The molecule has 140 valence electrons. The lowest BCUT2D eigenvalue weighted by Gasteiger charge is -2.32. The van der Waals surface area contributed by atoms with E-state index in [9.17, 15) is 9.59 Å². The minimum atomic E-state index is -0.565. The van der Waals surface area contributed by atoms with Crippen molar-refractivity contribution in [2.45, 2.75) is 32.8 Å². The van der Waals surface area contributed by atoms with E-state index in [1.54, 1.807) is 36.1 Å². The first-order chi connectivity index (χ1) is 13.0. The topological polar surface area (TPSA) is 58.6 Å². The molecule has 0 radical (unpaired) electrons. The van der Waals surface area contributed by atoms with E-state index in [0.29, 0.717) is 36.5 Å². The van der Waals surface area contributed by atoms with Crippen LogP contribution in [-0.4, -0.2) is 24.5 Å². The van der Waals surface area contributed by atoms with E-state index >= 15 is 0 Å². The van der Waals surface area contributed by atoms with Crippen LogP contribution in [0.25, 0.3) is 0 Å². The van der Waals surface area contributed by atoms with Gasteiger partial charge in [0.05, 0.1) is 5.69 Å². The van der Waals surface area contributed by atoms with E-state index in [4.69, 9.17) is 4.74 Å². The zero-order chi connectivity index (χ0) is 19.4. The van der Waals surface area contributed by atoms with Gasteiger partial charge in [-0.1, -0.05) is 35.9 Å². The van der Waals surface area contributed by atoms with Crippen molar-refractivity contribution in [1.29, 1.82) is 0 Å². The highest BCUT2D eigenvalue weighted by atomic mass is 16.5. The number of hydrogen-bond acceptors (Lipinski definition) is 3. The second kappa shape index (κ2) is 8.08. The molecule has 27 heavy (non-hydrogen) atoms. The number of fused-ring (bicyclic) bond motifs is 1. The van der Waals surface area contributed by atoms with Crippen molar-refractivity contribution in [1.82, 2.24) is 0 Å². The fourth-order valence-electron chi connectivity index (χ4n) is 3.04. The number of carbonyl (C=O) groups excluding carboxylic acids is 2. The van der Waals surface area contributed by atoms with Crippen molar-refractivity contribution in [3.63, 3.8) is 0 Å². The highest BCUT2D eigenvalue weighted by Gasteiger charge is 2.30. The van der Waals surface area contributed by atoms with Crippen molar-refractivity contribution in [2.24, 2.45) is 0 Å². The quantitative estimate of drug-likeness (QED) is 0.792. The standard InChI is InChI=1S/C22H24N2O3/c1-4-13-24-19-11-10-18(14-20(19)27-16(3)22(24)26)23-21(25)12-9-17-7-5-15(2)6-8-17/h4-8,10-11,14,16H,1,9,12-13H2,2-3H3,(H,23,25). The fraction of sp³-hybridized carbons (Fsp3) is 0.273. The Hall–Kier alpha value is -3.08. The number of nitrogens with zero attached hydrogens (tertiary/aromatic N) is 1. The van der Waals surface area contributed by atoms with E-state index in [2.05, 4.69) is 11.9 Å². The SMILES string of the molecule is C=CCN1C(=O)C(C)Oc2cc(NC(=O)CCc3ccc(C)cc3)ccc21. The number of anilines is 2. The third-order valence-corrected chi connectivity index (χ3v) is 4.52. The molecule has 2 aromatic carbocycles. The first-order valence-corrected chi connectivity index (χ1v) is 9.06. The summed E-state index contributed by atoms with van der Waals surface area (Å²) in [5.74, 6) is 0.427. The normalized spacial score (nSPS) is 15.7. The molecular formula is C22H24N2O3. The molecule has 1 unspecified atom stereocenters. The van der Waals surface area contributed by atoms with Gasteiger partial charge in [-0.15, -0.1) is 6.58 Å². The molecule has 1 aliphatic rings. The lowest BCUT2D eigenvalue weighted by atomic mass is 10.1. The van der Waals surface area contributed by atoms with Crippen LogP contribution in [0.5, 0.6) is 5.75 Å². The summed E-state index contributed by atoms with van der Waals surface area (Å²) in [6, 6.07) is 13.5. The molecular weight excluding hydrogens is 340 g/mol. The molecule has 0 bridgehead atoms. The van der Waals surface area contributed by atoms with Crippen molar-refractivity contribution in [3.8, 4) is 5.75 Å². The number of rotatable bonds is 6. The Balaban J connectivity index is 1.66. The van der Waals surface area contributed by atoms with Gasteiger partial charge in [-0.05, 0) is 38.0 Å². The molecule has 0 aromatic heterocycles. The number of amides is 2. The molecule has 0 aliphatic carbocycles. The maximum Gasteiger partial charge on any atom is 0.268 e. The zero-order valence-electron chi connectivity index (χ0n) is 15.7. The molecule has 0 spiro atoms. The second-order valence-electron chi connectivity index (χ2n) is 6.71. The van der Waals surface area contributed by atoms with Crippen LogP contribution >= 0.6 is 0 Å². The molecule has 2 aromatic rings. The van der Waals surface area contributed by atoms with Crippen LogP contribution in [0.1, 0.15) is 24.5 Å². The first-order valence-electron chi connectivity index (χ1n) is 9.06. The van der Waals surface area contributed by atoms with Crippen LogP contribution < -0.4 is 15.0 Å².